The predicted octanol–water partition coefficient (Wildman–Crippen LogP) is 1.65. The van der Waals surface area contributed by atoms with Crippen molar-refractivity contribution in [2.45, 2.75) is 19.0 Å². The molecule has 3 rings (SSSR count). The fourth-order valence-electron chi connectivity index (χ4n) is 3.98. The van der Waals surface area contributed by atoms with Gasteiger partial charge in [0, 0.05) is 52.5 Å². The molecule has 0 aromatic heterocycles. The maximum absolute atomic E-state index is 12.4. The second-order valence-corrected chi connectivity index (χ2v) is 8.76. The quantitative estimate of drug-likeness (QED) is 0.615. The zero-order valence-electron chi connectivity index (χ0n) is 19.6. The number of amides is 2. The highest BCUT2D eigenvalue weighted by atomic mass is 16.2. The Hall–Kier alpha value is -2.90. The molecular formula is C25H35N5O2. The molecule has 1 atom stereocenters. The second-order valence-electron chi connectivity index (χ2n) is 8.76. The number of carbonyl (C=O) groups is 2. The summed E-state index contributed by atoms with van der Waals surface area (Å²) in [6.07, 6.45) is 0.974. The Morgan fingerprint density at radius 3 is 2.25 bits per heavy atom. The van der Waals surface area contributed by atoms with Crippen molar-refractivity contribution in [1.82, 2.24) is 20.4 Å². The van der Waals surface area contributed by atoms with Gasteiger partial charge in [-0.1, -0.05) is 36.4 Å². The molecule has 0 bridgehead atoms. The third-order valence-corrected chi connectivity index (χ3v) is 5.90. The van der Waals surface area contributed by atoms with E-state index in [2.05, 4.69) is 69.0 Å². The number of nitrogens with zero attached hydrogens (tertiary/aromatic N) is 3. The molecule has 2 aromatic carbocycles. The van der Waals surface area contributed by atoms with Crippen LogP contribution in [0.25, 0.3) is 0 Å². The van der Waals surface area contributed by atoms with Gasteiger partial charge in [-0.2, -0.15) is 0 Å². The Morgan fingerprint density at radius 1 is 0.938 bits per heavy atom. The highest BCUT2D eigenvalue weighted by molar-refractivity contribution is 6.35. The summed E-state index contributed by atoms with van der Waals surface area (Å²) in [4.78, 5) is 31.0. The minimum absolute atomic E-state index is 0.0157. The molecule has 0 radical (unpaired) electrons. The van der Waals surface area contributed by atoms with E-state index in [1.165, 1.54) is 11.1 Å². The van der Waals surface area contributed by atoms with Gasteiger partial charge in [-0.15, -0.1) is 0 Å². The van der Waals surface area contributed by atoms with Crippen LogP contribution in [0.3, 0.4) is 0 Å². The normalized spacial score (nSPS) is 14.5. The first kappa shape index (κ1) is 23.8. The molecule has 0 unspecified atom stereocenters. The van der Waals surface area contributed by atoms with Crippen LogP contribution in [-0.4, -0.2) is 76.0 Å². The van der Waals surface area contributed by atoms with Crippen LogP contribution in [0.15, 0.2) is 48.5 Å². The molecule has 1 aliphatic heterocycles. The average Bonchev–Trinajstić information content (AvgIpc) is 2.79. The molecule has 7 nitrogen and oxygen atoms in total. The van der Waals surface area contributed by atoms with Crippen LogP contribution >= 0.6 is 0 Å². The summed E-state index contributed by atoms with van der Waals surface area (Å²) in [5.74, 6) is -1.17. The lowest BCUT2D eigenvalue weighted by atomic mass is 9.96. The van der Waals surface area contributed by atoms with Crippen molar-refractivity contribution in [3.8, 4) is 0 Å². The molecule has 32 heavy (non-hydrogen) atoms. The molecule has 0 spiro atoms. The van der Waals surface area contributed by atoms with E-state index >= 15 is 0 Å². The summed E-state index contributed by atoms with van der Waals surface area (Å²) in [6.45, 7) is 3.23. The number of rotatable bonds is 8. The van der Waals surface area contributed by atoms with Crippen LogP contribution in [0.5, 0.6) is 0 Å². The first-order chi connectivity index (χ1) is 15.3. The predicted molar refractivity (Wildman–Crippen MR) is 129 cm³/mol. The first-order valence-electron chi connectivity index (χ1n) is 11.1. The summed E-state index contributed by atoms with van der Waals surface area (Å²) >= 11 is 0. The molecular weight excluding hydrogens is 402 g/mol. The Morgan fingerprint density at radius 2 is 1.59 bits per heavy atom. The lowest BCUT2D eigenvalue weighted by molar-refractivity contribution is -0.139. The molecule has 172 valence electrons. The van der Waals surface area contributed by atoms with Gasteiger partial charge in [0.2, 0.25) is 0 Å². The van der Waals surface area contributed by atoms with Crippen molar-refractivity contribution in [2.24, 2.45) is 0 Å². The van der Waals surface area contributed by atoms with Crippen LogP contribution in [-0.2, 0) is 22.6 Å². The molecule has 2 N–H and O–H groups in total. The van der Waals surface area contributed by atoms with E-state index in [1.54, 1.807) is 0 Å². The maximum Gasteiger partial charge on any atom is 0.309 e. The first-order valence-corrected chi connectivity index (χ1v) is 11.1. The number of carbonyl (C=O) groups excluding carboxylic acids is 2. The van der Waals surface area contributed by atoms with E-state index in [1.807, 2.05) is 33.1 Å². The molecule has 2 amide bonds. The van der Waals surface area contributed by atoms with Gasteiger partial charge in [0.15, 0.2) is 0 Å². The SMILES string of the molecule is CN(C)CCNC(=O)C(=O)NC[C@H](c1ccc(N(C)C)cc1)N1CCc2ccccc2C1. The Labute approximate surface area is 191 Å². The number of hydrogen-bond acceptors (Lipinski definition) is 5. The van der Waals surface area contributed by atoms with E-state index in [4.69, 9.17) is 0 Å². The fraction of sp³-hybridized carbons (Fsp3) is 0.440. The molecule has 1 aliphatic rings. The lowest BCUT2D eigenvalue weighted by Crippen LogP contribution is -2.46. The number of likely N-dealkylation sites (N-methyl/N-ethyl adjacent to an activating group) is 1. The van der Waals surface area contributed by atoms with Crippen molar-refractivity contribution in [2.75, 3.05) is 59.3 Å². The van der Waals surface area contributed by atoms with Crippen molar-refractivity contribution in [3.63, 3.8) is 0 Å². The van der Waals surface area contributed by atoms with Gasteiger partial charge in [-0.05, 0) is 49.3 Å². The zero-order valence-corrected chi connectivity index (χ0v) is 19.6. The van der Waals surface area contributed by atoms with Crippen LogP contribution in [0, 0.1) is 0 Å². The number of hydrogen-bond donors (Lipinski definition) is 2. The highest BCUT2D eigenvalue weighted by Gasteiger charge is 2.26. The minimum atomic E-state index is -0.587. The third kappa shape index (κ3) is 6.31. The van der Waals surface area contributed by atoms with E-state index in [9.17, 15) is 9.59 Å². The fourth-order valence-corrected chi connectivity index (χ4v) is 3.98. The van der Waals surface area contributed by atoms with Crippen molar-refractivity contribution in [3.05, 3.63) is 65.2 Å². The van der Waals surface area contributed by atoms with Gasteiger partial charge in [0.1, 0.15) is 0 Å². The van der Waals surface area contributed by atoms with Gasteiger partial charge in [-0.25, -0.2) is 0 Å². The summed E-state index contributed by atoms with van der Waals surface area (Å²) in [7, 11) is 7.89. The van der Waals surface area contributed by atoms with E-state index in [-0.39, 0.29) is 6.04 Å². The topological polar surface area (TPSA) is 67.9 Å². The van der Waals surface area contributed by atoms with Crippen molar-refractivity contribution in [1.29, 1.82) is 0 Å². The van der Waals surface area contributed by atoms with Gasteiger partial charge in [0.05, 0.1) is 6.04 Å². The number of fused-ring (bicyclic) bond motifs is 1. The van der Waals surface area contributed by atoms with E-state index in [0.717, 1.165) is 30.8 Å². The minimum Gasteiger partial charge on any atom is -0.378 e. The monoisotopic (exact) mass is 437 g/mol. The third-order valence-electron chi connectivity index (χ3n) is 5.90. The number of benzene rings is 2. The molecule has 0 fully saturated rings. The maximum atomic E-state index is 12.4. The standard InChI is InChI=1S/C25H35N5O2/c1-28(2)16-14-26-24(31)25(32)27-17-23(20-9-11-22(12-10-20)29(3)4)30-15-13-19-7-5-6-8-21(19)18-30/h5-12,23H,13-18H2,1-4H3,(H,26,31)(H,27,32)/t23-/m1/s1. The molecule has 0 saturated heterocycles. The van der Waals surface area contributed by atoms with Gasteiger partial charge in [0.25, 0.3) is 0 Å². The van der Waals surface area contributed by atoms with E-state index in [0.29, 0.717) is 19.6 Å². The van der Waals surface area contributed by atoms with Crippen LogP contribution in [0.1, 0.15) is 22.7 Å². The van der Waals surface area contributed by atoms with Crippen LogP contribution in [0.4, 0.5) is 5.69 Å². The van der Waals surface area contributed by atoms with Crippen molar-refractivity contribution < 1.29 is 9.59 Å². The summed E-state index contributed by atoms with van der Waals surface area (Å²) in [5, 5.41) is 5.54. The largest absolute Gasteiger partial charge is 0.378 e. The average molecular weight is 438 g/mol. The smallest absolute Gasteiger partial charge is 0.309 e. The Balaban J connectivity index is 1.71. The highest BCUT2D eigenvalue weighted by Crippen LogP contribution is 2.28. The van der Waals surface area contributed by atoms with Gasteiger partial charge in [-0.3, -0.25) is 14.5 Å². The summed E-state index contributed by atoms with van der Waals surface area (Å²) in [6, 6.07) is 16.9. The van der Waals surface area contributed by atoms with Crippen LogP contribution < -0.4 is 15.5 Å². The number of nitrogens with one attached hydrogen (secondary N) is 2. The van der Waals surface area contributed by atoms with Gasteiger partial charge >= 0.3 is 11.8 Å². The van der Waals surface area contributed by atoms with E-state index < -0.39 is 11.8 Å². The zero-order chi connectivity index (χ0) is 23.1. The van der Waals surface area contributed by atoms with Crippen LogP contribution in [0.2, 0.25) is 0 Å². The molecule has 1 heterocycles. The Kier molecular flexibility index (Phi) is 8.25. The molecule has 2 aromatic rings. The summed E-state index contributed by atoms with van der Waals surface area (Å²) < 4.78 is 0. The molecule has 7 heteroatoms. The lowest BCUT2D eigenvalue weighted by Gasteiger charge is -2.36. The Bertz CT molecular complexity index is 911. The van der Waals surface area contributed by atoms with Gasteiger partial charge < -0.3 is 20.4 Å². The van der Waals surface area contributed by atoms with Crippen molar-refractivity contribution >= 4 is 17.5 Å². The summed E-state index contributed by atoms with van der Waals surface area (Å²) in [5.41, 5.74) is 4.96. The second kappa shape index (κ2) is 11.1. The molecule has 0 aliphatic carbocycles. The number of anilines is 1. The molecule has 0 saturated carbocycles.